The molecule has 2 N–H and O–H groups in total. The molecule has 1 aromatic rings. The number of hydrogen-bond donors (Lipinski definition) is 2. The molecule has 0 spiro atoms. The van der Waals surface area contributed by atoms with Crippen LogP contribution in [0.3, 0.4) is 0 Å². The number of benzene rings is 1. The van der Waals surface area contributed by atoms with Crippen LogP contribution in [0.4, 0.5) is 5.69 Å². The number of nitrogens with one attached hydrogen (secondary N) is 2. The van der Waals surface area contributed by atoms with Crippen LogP contribution in [0.25, 0.3) is 6.08 Å². The Morgan fingerprint density at radius 1 is 1.16 bits per heavy atom. The highest BCUT2D eigenvalue weighted by molar-refractivity contribution is 5.99. The molecular formula is C25H38N4O2. The Morgan fingerprint density at radius 2 is 1.77 bits per heavy atom. The number of amides is 2. The van der Waals surface area contributed by atoms with Crippen LogP contribution >= 0.6 is 0 Å². The Morgan fingerprint density at radius 3 is 2.29 bits per heavy atom. The van der Waals surface area contributed by atoms with Crippen molar-refractivity contribution in [1.29, 1.82) is 0 Å². The van der Waals surface area contributed by atoms with Gasteiger partial charge in [0, 0.05) is 49.0 Å². The predicted octanol–water partition coefficient (Wildman–Crippen LogP) is 3.37. The topological polar surface area (TPSA) is 64.7 Å². The highest BCUT2D eigenvalue weighted by Crippen LogP contribution is 2.33. The summed E-state index contributed by atoms with van der Waals surface area (Å²) in [4.78, 5) is 29.4. The lowest BCUT2D eigenvalue weighted by Gasteiger charge is -2.40. The Bertz CT molecular complexity index is 823. The number of carbonyl (C=O) groups excluding carboxylic acids is 2. The first kappa shape index (κ1) is 24.7. The van der Waals surface area contributed by atoms with Crippen LogP contribution < -0.4 is 15.5 Å². The molecule has 1 aliphatic carbocycles. The van der Waals surface area contributed by atoms with Gasteiger partial charge in [-0.2, -0.15) is 0 Å². The Balaban J connectivity index is 2.27. The van der Waals surface area contributed by atoms with Gasteiger partial charge in [-0.15, -0.1) is 0 Å². The third-order valence-electron chi connectivity index (χ3n) is 6.38. The summed E-state index contributed by atoms with van der Waals surface area (Å²) in [5.41, 5.74) is 3.88. The summed E-state index contributed by atoms with van der Waals surface area (Å²) in [6.45, 7) is 12.8. The van der Waals surface area contributed by atoms with Crippen molar-refractivity contribution in [1.82, 2.24) is 15.5 Å². The van der Waals surface area contributed by atoms with Crippen molar-refractivity contribution in [3.05, 3.63) is 47.6 Å². The molecular weight excluding hydrogens is 388 g/mol. The van der Waals surface area contributed by atoms with E-state index in [0.717, 1.165) is 36.2 Å². The maximum Gasteiger partial charge on any atom is 0.251 e. The van der Waals surface area contributed by atoms with E-state index in [9.17, 15) is 9.59 Å². The van der Waals surface area contributed by atoms with Crippen LogP contribution in [0.5, 0.6) is 0 Å². The lowest BCUT2D eigenvalue weighted by atomic mass is 9.88. The van der Waals surface area contributed by atoms with Crippen LogP contribution in [0.1, 0.15) is 54.1 Å². The fraction of sp³-hybridized carbons (Fsp3) is 0.520. The van der Waals surface area contributed by atoms with E-state index in [1.165, 1.54) is 12.8 Å². The molecule has 0 heterocycles. The quantitative estimate of drug-likeness (QED) is 0.594. The highest BCUT2D eigenvalue weighted by atomic mass is 16.2. The lowest BCUT2D eigenvalue weighted by molar-refractivity contribution is -0.117. The summed E-state index contributed by atoms with van der Waals surface area (Å²) in [6, 6.07) is 5.10. The van der Waals surface area contributed by atoms with Crippen LogP contribution in [0, 0.1) is 6.92 Å². The van der Waals surface area contributed by atoms with Crippen LogP contribution in [0.2, 0.25) is 0 Å². The van der Waals surface area contributed by atoms with Gasteiger partial charge in [0.1, 0.15) is 0 Å². The Kier molecular flexibility index (Phi) is 8.87. The summed E-state index contributed by atoms with van der Waals surface area (Å²) in [5, 5.41) is 5.35. The normalized spacial score (nSPS) is 18.4. The molecule has 2 rings (SSSR count). The zero-order valence-electron chi connectivity index (χ0n) is 19.8. The van der Waals surface area contributed by atoms with E-state index >= 15 is 0 Å². The summed E-state index contributed by atoms with van der Waals surface area (Å²) in [5.74, 6) is -0.483. The average molecular weight is 427 g/mol. The van der Waals surface area contributed by atoms with Gasteiger partial charge in [-0.3, -0.25) is 9.59 Å². The first-order chi connectivity index (χ1) is 14.7. The molecule has 1 fully saturated rings. The fourth-order valence-electron chi connectivity index (χ4n) is 4.42. The predicted molar refractivity (Wildman–Crippen MR) is 130 cm³/mol. The number of rotatable bonds is 9. The molecule has 0 saturated heterocycles. The van der Waals surface area contributed by atoms with Crippen molar-refractivity contribution < 1.29 is 9.59 Å². The van der Waals surface area contributed by atoms with Gasteiger partial charge in [0.15, 0.2) is 0 Å². The molecule has 1 aromatic carbocycles. The van der Waals surface area contributed by atoms with Crippen molar-refractivity contribution in [2.24, 2.45) is 0 Å². The molecule has 2 amide bonds. The third-order valence-corrected chi connectivity index (χ3v) is 6.38. The van der Waals surface area contributed by atoms with Crippen LogP contribution in [-0.4, -0.2) is 63.0 Å². The first-order valence-corrected chi connectivity index (χ1v) is 11.1. The average Bonchev–Trinajstić information content (AvgIpc) is 2.78. The van der Waals surface area contributed by atoms with E-state index in [-0.39, 0.29) is 18.4 Å². The largest absolute Gasteiger partial charge is 0.369 e. The van der Waals surface area contributed by atoms with E-state index in [1.807, 2.05) is 13.0 Å². The number of nitrogens with zero attached hydrogens (tertiary/aromatic N) is 2. The zero-order chi connectivity index (χ0) is 23.1. The summed E-state index contributed by atoms with van der Waals surface area (Å²) < 4.78 is 0. The minimum atomic E-state index is -0.275. The lowest BCUT2D eigenvalue weighted by Crippen LogP contribution is -2.42. The summed E-state index contributed by atoms with van der Waals surface area (Å²) in [6.07, 6.45) is 6.43. The minimum absolute atomic E-state index is 0.109. The molecule has 0 radical (unpaired) electrons. The van der Waals surface area contributed by atoms with E-state index in [2.05, 4.69) is 60.7 Å². The van der Waals surface area contributed by atoms with Gasteiger partial charge in [-0.25, -0.2) is 0 Å². The summed E-state index contributed by atoms with van der Waals surface area (Å²) in [7, 11) is 5.86. The van der Waals surface area contributed by atoms with E-state index < -0.39 is 0 Å². The van der Waals surface area contributed by atoms with Gasteiger partial charge < -0.3 is 20.4 Å². The van der Waals surface area contributed by atoms with Gasteiger partial charge in [0.05, 0.1) is 0 Å². The van der Waals surface area contributed by atoms with Crippen LogP contribution in [0.15, 0.2) is 30.9 Å². The molecule has 0 bridgehead atoms. The molecule has 31 heavy (non-hydrogen) atoms. The van der Waals surface area contributed by atoms with Gasteiger partial charge in [0.25, 0.3) is 5.91 Å². The SMILES string of the molecule is C=Cc1cc(C(=O)NCC(=C)C(=O)NC)c(C)c(N(CC)C2CCC(N(C)C)CC2)c1. The van der Waals surface area contributed by atoms with E-state index in [4.69, 9.17) is 0 Å². The molecule has 0 aliphatic heterocycles. The Hall–Kier alpha value is -2.60. The molecule has 0 aromatic heterocycles. The molecule has 0 atom stereocenters. The zero-order valence-corrected chi connectivity index (χ0v) is 19.8. The number of likely N-dealkylation sites (N-methyl/N-ethyl adjacent to an activating group) is 1. The molecule has 6 nitrogen and oxygen atoms in total. The smallest absolute Gasteiger partial charge is 0.251 e. The number of carbonyl (C=O) groups is 2. The van der Waals surface area contributed by atoms with E-state index in [0.29, 0.717) is 23.2 Å². The van der Waals surface area contributed by atoms with Gasteiger partial charge in [-0.05, 0) is 76.9 Å². The van der Waals surface area contributed by atoms with Crippen molar-refractivity contribution >= 4 is 23.6 Å². The van der Waals surface area contributed by atoms with Crippen LogP contribution in [-0.2, 0) is 4.79 Å². The number of hydrogen-bond acceptors (Lipinski definition) is 4. The third kappa shape index (κ3) is 5.97. The maximum atomic E-state index is 13.0. The maximum absolute atomic E-state index is 13.0. The van der Waals surface area contributed by atoms with Gasteiger partial charge in [-0.1, -0.05) is 19.2 Å². The molecule has 6 heteroatoms. The molecule has 0 unspecified atom stereocenters. The molecule has 1 saturated carbocycles. The fourth-order valence-corrected chi connectivity index (χ4v) is 4.42. The van der Waals surface area contributed by atoms with Gasteiger partial charge in [0.2, 0.25) is 5.91 Å². The second-order valence-electron chi connectivity index (χ2n) is 8.49. The summed E-state index contributed by atoms with van der Waals surface area (Å²) >= 11 is 0. The standard InChI is InChI=1S/C25H38N4O2/c1-8-19-14-22(25(31)27-16-17(3)24(30)26-5)18(4)23(15-19)29(9-2)21-12-10-20(11-13-21)28(6)7/h8,14-15,20-21H,1,3,9-13,16H2,2,4-7H3,(H,26,30)(H,27,31). The van der Waals surface area contributed by atoms with Gasteiger partial charge >= 0.3 is 0 Å². The second-order valence-corrected chi connectivity index (χ2v) is 8.49. The first-order valence-electron chi connectivity index (χ1n) is 11.1. The van der Waals surface area contributed by atoms with Crippen molar-refractivity contribution in [3.8, 4) is 0 Å². The van der Waals surface area contributed by atoms with Crippen molar-refractivity contribution in [2.75, 3.05) is 39.1 Å². The minimum Gasteiger partial charge on any atom is -0.369 e. The molecule has 170 valence electrons. The number of anilines is 1. The second kappa shape index (κ2) is 11.1. The van der Waals surface area contributed by atoms with E-state index in [1.54, 1.807) is 13.1 Å². The molecule has 1 aliphatic rings. The Labute approximate surface area is 187 Å². The van der Waals surface area contributed by atoms with Crippen molar-refractivity contribution in [3.63, 3.8) is 0 Å². The highest BCUT2D eigenvalue weighted by Gasteiger charge is 2.28. The monoisotopic (exact) mass is 426 g/mol. The van der Waals surface area contributed by atoms with Crippen molar-refractivity contribution in [2.45, 2.75) is 51.6 Å².